The van der Waals surface area contributed by atoms with Gasteiger partial charge in [-0.15, -0.1) is 0 Å². The monoisotopic (exact) mass is 286 g/mol. The first-order chi connectivity index (χ1) is 9.24. The van der Waals surface area contributed by atoms with Gasteiger partial charge in [-0.2, -0.15) is 0 Å². The summed E-state index contributed by atoms with van der Waals surface area (Å²) in [7, 11) is 0. The number of aromatic nitrogens is 2. The van der Waals surface area contributed by atoms with Crippen molar-refractivity contribution in [2.75, 3.05) is 0 Å². The second-order valence-corrected chi connectivity index (χ2v) is 5.71. The topological polar surface area (TPSA) is 34.4 Å². The van der Waals surface area contributed by atoms with Crippen LogP contribution in [0.4, 0.5) is 0 Å². The van der Waals surface area contributed by atoms with E-state index in [1.807, 2.05) is 30.3 Å². The summed E-state index contributed by atoms with van der Waals surface area (Å²) >= 11 is 7.51. The molecule has 5 heteroatoms. The number of hydrogen-bond donors (Lipinski definition) is 0. The van der Waals surface area contributed by atoms with Gasteiger partial charge in [-0.05, 0) is 30.3 Å². The lowest BCUT2D eigenvalue weighted by Gasteiger charge is -1.98. The molecule has 2 aromatic carbocycles. The quantitative estimate of drug-likeness (QED) is 0.494. The van der Waals surface area contributed by atoms with Gasteiger partial charge in [0.1, 0.15) is 0 Å². The van der Waals surface area contributed by atoms with Crippen molar-refractivity contribution in [2.45, 2.75) is 0 Å². The van der Waals surface area contributed by atoms with Crippen LogP contribution < -0.4 is 5.56 Å². The Bertz CT molecular complexity index is 1000. The van der Waals surface area contributed by atoms with Crippen molar-refractivity contribution in [1.82, 2.24) is 9.38 Å². The van der Waals surface area contributed by atoms with Crippen LogP contribution in [0, 0.1) is 0 Å². The molecule has 0 fully saturated rings. The number of para-hydroxylation sites is 1. The molecule has 19 heavy (non-hydrogen) atoms. The summed E-state index contributed by atoms with van der Waals surface area (Å²) in [4.78, 5) is 17.8. The zero-order valence-electron chi connectivity index (χ0n) is 9.63. The van der Waals surface area contributed by atoms with Crippen LogP contribution in [0.25, 0.3) is 26.1 Å². The Morgan fingerprint density at radius 3 is 2.89 bits per heavy atom. The average molecular weight is 287 g/mol. The van der Waals surface area contributed by atoms with Crippen LogP contribution in [0.3, 0.4) is 0 Å². The fourth-order valence-corrected chi connectivity index (χ4v) is 3.41. The molecule has 0 amide bonds. The molecule has 4 rings (SSSR count). The fourth-order valence-electron chi connectivity index (χ4n) is 2.24. The Morgan fingerprint density at radius 2 is 2.00 bits per heavy atom. The van der Waals surface area contributed by atoms with Crippen molar-refractivity contribution >= 4 is 49.0 Å². The standard InChI is InChI=1S/C14H7ClN2OS/c15-8-5-6-12-11(7-8)17-13(18)9-3-1-2-4-10(9)16-14(17)19-12/h1-7H. The number of nitrogens with zero attached hydrogens (tertiary/aromatic N) is 2. The van der Waals surface area contributed by atoms with Crippen molar-refractivity contribution in [2.24, 2.45) is 0 Å². The zero-order valence-corrected chi connectivity index (χ0v) is 11.2. The second kappa shape index (κ2) is 3.79. The van der Waals surface area contributed by atoms with Crippen LogP contribution in [0.5, 0.6) is 0 Å². The summed E-state index contributed by atoms with van der Waals surface area (Å²) in [6.07, 6.45) is 0. The van der Waals surface area contributed by atoms with Gasteiger partial charge in [-0.3, -0.25) is 9.20 Å². The first-order valence-electron chi connectivity index (χ1n) is 5.73. The van der Waals surface area contributed by atoms with E-state index in [1.165, 1.54) is 11.3 Å². The third-order valence-electron chi connectivity index (χ3n) is 3.11. The molecule has 0 saturated carbocycles. The Morgan fingerprint density at radius 1 is 1.16 bits per heavy atom. The van der Waals surface area contributed by atoms with Gasteiger partial charge in [0.15, 0.2) is 4.96 Å². The lowest BCUT2D eigenvalue weighted by atomic mass is 10.2. The van der Waals surface area contributed by atoms with Gasteiger partial charge in [0, 0.05) is 5.02 Å². The van der Waals surface area contributed by atoms with Crippen molar-refractivity contribution in [3.63, 3.8) is 0 Å². The molecule has 0 bridgehead atoms. The number of hydrogen-bond acceptors (Lipinski definition) is 3. The summed E-state index contributed by atoms with van der Waals surface area (Å²) < 4.78 is 2.64. The predicted molar refractivity (Wildman–Crippen MR) is 79.4 cm³/mol. The lowest BCUT2D eigenvalue weighted by molar-refractivity contribution is 1.16. The van der Waals surface area contributed by atoms with Crippen LogP contribution in [-0.2, 0) is 0 Å². The number of thiazole rings is 1. The summed E-state index contributed by atoms with van der Waals surface area (Å²) in [5.74, 6) is 0. The van der Waals surface area contributed by atoms with E-state index in [0.717, 1.165) is 15.7 Å². The van der Waals surface area contributed by atoms with Crippen molar-refractivity contribution < 1.29 is 0 Å². The van der Waals surface area contributed by atoms with E-state index in [0.29, 0.717) is 15.4 Å². The van der Waals surface area contributed by atoms with Gasteiger partial charge in [0.2, 0.25) is 0 Å². The Hall–Kier alpha value is -1.91. The highest BCUT2D eigenvalue weighted by Gasteiger charge is 2.11. The average Bonchev–Trinajstić information content (AvgIpc) is 2.76. The third-order valence-corrected chi connectivity index (χ3v) is 4.36. The van der Waals surface area contributed by atoms with Crippen molar-refractivity contribution in [3.8, 4) is 0 Å². The van der Waals surface area contributed by atoms with Crippen LogP contribution in [0.15, 0.2) is 47.3 Å². The minimum atomic E-state index is -0.0471. The minimum Gasteiger partial charge on any atom is -0.268 e. The molecule has 0 radical (unpaired) electrons. The maximum Gasteiger partial charge on any atom is 0.266 e. The molecule has 0 unspecified atom stereocenters. The molecule has 0 N–H and O–H groups in total. The number of halogens is 1. The van der Waals surface area contributed by atoms with Crippen molar-refractivity contribution in [3.05, 3.63) is 57.8 Å². The molecule has 0 aliphatic heterocycles. The van der Waals surface area contributed by atoms with Crippen LogP contribution in [-0.4, -0.2) is 9.38 Å². The van der Waals surface area contributed by atoms with Gasteiger partial charge >= 0.3 is 0 Å². The molecule has 4 aromatic rings. The highest BCUT2D eigenvalue weighted by Crippen LogP contribution is 2.27. The van der Waals surface area contributed by atoms with Crippen molar-refractivity contribution in [1.29, 1.82) is 0 Å². The summed E-state index contributed by atoms with van der Waals surface area (Å²) in [5, 5.41) is 1.24. The highest BCUT2D eigenvalue weighted by atomic mass is 35.5. The molecule has 3 nitrogen and oxygen atoms in total. The molecule has 0 saturated heterocycles. The Labute approximate surface area is 116 Å². The maximum atomic E-state index is 12.6. The van der Waals surface area contributed by atoms with Crippen LogP contribution in [0.2, 0.25) is 5.02 Å². The summed E-state index contributed by atoms with van der Waals surface area (Å²) in [5.41, 5.74) is 1.50. The third kappa shape index (κ3) is 1.50. The molecule has 0 aliphatic carbocycles. The molecule has 0 spiro atoms. The molecule has 0 atom stereocenters. The maximum absolute atomic E-state index is 12.6. The number of fused-ring (bicyclic) bond motifs is 4. The van der Waals surface area contributed by atoms with E-state index in [2.05, 4.69) is 4.98 Å². The number of rotatable bonds is 0. The van der Waals surface area contributed by atoms with Gasteiger partial charge in [0.25, 0.3) is 5.56 Å². The van der Waals surface area contributed by atoms with Crippen LogP contribution in [0.1, 0.15) is 0 Å². The predicted octanol–water partition coefficient (Wildman–Crippen LogP) is 3.72. The fraction of sp³-hybridized carbons (Fsp3) is 0. The molecular formula is C14H7ClN2OS. The smallest absolute Gasteiger partial charge is 0.266 e. The molecule has 0 aliphatic rings. The molecule has 2 heterocycles. The number of benzene rings is 2. The van der Waals surface area contributed by atoms with Gasteiger partial charge in [0.05, 0.1) is 21.1 Å². The van der Waals surface area contributed by atoms with E-state index in [-0.39, 0.29) is 5.56 Å². The molecule has 2 aromatic heterocycles. The van der Waals surface area contributed by atoms with Crippen LogP contribution >= 0.6 is 22.9 Å². The molecular weight excluding hydrogens is 280 g/mol. The second-order valence-electron chi connectivity index (χ2n) is 4.27. The summed E-state index contributed by atoms with van der Waals surface area (Å²) in [6, 6.07) is 12.9. The largest absolute Gasteiger partial charge is 0.268 e. The van der Waals surface area contributed by atoms with Gasteiger partial charge < -0.3 is 0 Å². The van der Waals surface area contributed by atoms with E-state index in [9.17, 15) is 4.79 Å². The minimum absolute atomic E-state index is 0.0471. The highest BCUT2D eigenvalue weighted by molar-refractivity contribution is 7.23. The Kier molecular flexibility index (Phi) is 2.19. The normalized spacial score (nSPS) is 11.6. The lowest BCUT2D eigenvalue weighted by Crippen LogP contribution is -2.13. The molecule has 92 valence electrons. The van der Waals surface area contributed by atoms with E-state index in [1.54, 1.807) is 16.5 Å². The first-order valence-corrected chi connectivity index (χ1v) is 6.93. The van der Waals surface area contributed by atoms with E-state index in [4.69, 9.17) is 11.6 Å². The Balaban J connectivity index is 2.35. The van der Waals surface area contributed by atoms with Gasteiger partial charge in [-0.25, -0.2) is 4.98 Å². The summed E-state index contributed by atoms with van der Waals surface area (Å²) in [6.45, 7) is 0. The first kappa shape index (κ1) is 11.0. The SMILES string of the molecule is O=c1c2ccccc2nc2sc3ccc(Cl)cc3n12. The van der Waals surface area contributed by atoms with Gasteiger partial charge in [-0.1, -0.05) is 35.1 Å². The zero-order chi connectivity index (χ0) is 13.0. The van der Waals surface area contributed by atoms with E-state index < -0.39 is 0 Å². The van der Waals surface area contributed by atoms with E-state index >= 15 is 0 Å².